The minimum Gasteiger partial charge on any atom is -0.298 e. The van der Waals surface area contributed by atoms with Gasteiger partial charge in [0.05, 0.1) is 5.69 Å². The zero-order chi connectivity index (χ0) is 11.1. The van der Waals surface area contributed by atoms with Gasteiger partial charge in [-0.1, -0.05) is 13.8 Å². The van der Waals surface area contributed by atoms with E-state index in [1.54, 1.807) is 0 Å². The van der Waals surface area contributed by atoms with Gasteiger partial charge >= 0.3 is 0 Å². The van der Waals surface area contributed by atoms with Crippen LogP contribution >= 0.6 is 0 Å². The first-order chi connectivity index (χ1) is 7.74. The summed E-state index contributed by atoms with van der Waals surface area (Å²) >= 11 is 0. The molecule has 0 amide bonds. The number of fused-ring (bicyclic) bond motifs is 1. The van der Waals surface area contributed by atoms with E-state index in [-0.39, 0.29) is 0 Å². The van der Waals surface area contributed by atoms with E-state index in [0.717, 1.165) is 18.9 Å². The molecule has 1 aromatic heterocycles. The minimum atomic E-state index is 0.542. The number of hydrogen-bond acceptors (Lipinski definition) is 2. The number of hydrogen-bond donors (Lipinski definition) is 1. The second-order valence-electron chi connectivity index (χ2n) is 5.65. The van der Waals surface area contributed by atoms with E-state index in [1.807, 2.05) is 0 Å². The van der Waals surface area contributed by atoms with Crippen molar-refractivity contribution in [1.82, 2.24) is 15.1 Å². The Morgan fingerprint density at radius 3 is 2.94 bits per heavy atom. The minimum absolute atomic E-state index is 0.542. The Labute approximate surface area is 97.2 Å². The Kier molecular flexibility index (Phi) is 2.51. The van der Waals surface area contributed by atoms with Crippen molar-refractivity contribution in [2.75, 3.05) is 13.1 Å². The Bertz CT molecular complexity index is 377. The van der Waals surface area contributed by atoms with Crippen molar-refractivity contribution in [3.8, 4) is 0 Å². The van der Waals surface area contributed by atoms with E-state index >= 15 is 0 Å². The second kappa shape index (κ2) is 3.88. The van der Waals surface area contributed by atoms with E-state index in [1.165, 1.54) is 42.9 Å². The topological polar surface area (TPSA) is 31.9 Å². The second-order valence-corrected chi connectivity index (χ2v) is 5.65. The summed E-state index contributed by atoms with van der Waals surface area (Å²) in [5.41, 5.74) is 4.16. The number of aromatic nitrogens is 2. The monoisotopic (exact) mass is 219 g/mol. The summed E-state index contributed by atoms with van der Waals surface area (Å²) in [4.78, 5) is 2.61. The molecule has 1 aliphatic carbocycles. The third-order valence-corrected chi connectivity index (χ3v) is 3.80. The summed E-state index contributed by atoms with van der Waals surface area (Å²) in [5.74, 6) is 1.54. The van der Waals surface area contributed by atoms with Crippen LogP contribution in [-0.2, 0) is 13.0 Å². The molecule has 3 heteroatoms. The predicted octanol–water partition coefficient (Wildman–Crippen LogP) is 2.30. The third-order valence-electron chi connectivity index (χ3n) is 3.80. The van der Waals surface area contributed by atoms with Crippen molar-refractivity contribution in [1.29, 1.82) is 0 Å². The van der Waals surface area contributed by atoms with Gasteiger partial charge in [-0.3, -0.25) is 10.00 Å². The lowest BCUT2D eigenvalue weighted by molar-refractivity contribution is 0.242. The van der Waals surface area contributed by atoms with E-state index < -0.39 is 0 Å². The lowest BCUT2D eigenvalue weighted by Crippen LogP contribution is -2.32. The average Bonchev–Trinajstić information content (AvgIpc) is 2.96. The molecule has 3 rings (SSSR count). The molecule has 0 spiro atoms. The Morgan fingerprint density at radius 2 is 2.25 bits per heavy atom. The molecule has 2 heterocycles. The summed E-state index contributed by atoms with van der Waals surface area (Å²) < 4.78 is 0. The van der Waals surface area contributed by atoms with Crippen molar-refractivity contribution in [3.63, 3.8) is 0 Å². The van der Waals surface area contributed by atoms with Crippen molar-refractivity contribution in [2.45, 2.75) is 45.6 Å². The van der Waals surface area contributed by atoms with Crippen LogP contribution in [0.15, 0.2) is 0 Å². The van der Waals surface area contributed by atoms with Gasteiger partial charge in [-0.25, -0.2) is 0 Å². The first kappa shape index (κ1) is 10.3. The molecule has 0 atom stereocenters. The van der Waals surface area contributed by atoms with Gasteiger partial charge in [-0.2, -0.15) is 5.10 Å². The maximum absolute atomic E-state index is 4.47. The van der Waals surface area contributed by atoms with Crippen molar-refractivity contribution >= 4 is 0 Å². The molecule has 1 aliphatic heterocycles. The maximum Gasteiger partial charge on any atom is 0.0695 e. The standard InChI is InChI=1S/C13H21N3/c1-9(2)13-11-8-16(7-10-3-4-10)6-5-12(11)14-15-13/h9-10H,3-8H2,1-2H3,(H,14,15). The molecule has 88 valence electrons. The molecule has 0 bridgehead atoms. The summed E-state index contributed by atoms with van der Waals surface area (Å²) in [6, 6.07) is 0. The SMILES string of the molecule is CC(C)c1n[nH]c2c1CN(CC1CC1)CC2. The van der Waals surface area contributed by atoms with Crippen molar-refractivity contribution in [2.24, 2.45) is 5.92 Å². The zero-order valence-electron chi connectivity index (χ0n) is 10.3. The summed E-state index contributed by atoms with van der Waals surface area (Å²) in [7, 11) is 0. The fourth-order valence-electron chi connectivity index (χ4n) is 2.67. The normalized spacial score (nSPS) is 21.4. The van der Waals surface area contributed by atoms with E-state index in [2.05, 4.69) is 28.9 Å². The van der Waals surface area contributed by atoms with Gasteiger partial charge in [0, 0.05) is 37.3 Å². The number of nitrogens with one attached hydrogen (secondary N) is 1. The highest BCUT2D eigenvalue weighted by molar-refractivity contribution is 5.29. The van der Waals surface area contributed by atoms with Crippen LogP contribution in [0.5, 0.6) is 0 Å². The molecule has 0 radical (unpaired) electrons. The van der Waals surface area contributed by atoms with Gasteiger partial charge in [0.2, 0.25) is 0 Å². The zero-order valence-corrected chi connectivity index (χ0v) is 10.3. The van der Waals surface area contributed by atoms with Gasteiger partial charge in [0.1, 0.15) is 0 Å². The van der Waals surface area contributed by atoms with Crippen LogP contribution in [-0.4, -0.2) is 28.2 Å². The van der Waals surface area contributed by atoms with Gasteiger partial charge in [-0.05, 0) is 24.7 Å². The third kappa shape index (κ3) is 1.88. The number of aromatic amines is 1. The molecule has 0 saturated heterocycles. The predicted molar refractivity (Wildman–Crippen MR) is 64.4 cm³/mol. The number of rotatable bonds is 3. The van der Waals surface area contributed by atoms with Crippen LogP contribution in [0.4, 0.5) is 0 Å². The highest BCUT2D eigenvalue weighted by Crippen LogP contribution is 2.32. The molecule has 2 aliphatic rings. The van der Waals surface area contributed by atoms with Crippen molar-refractivity contribution < 1.29 is 0 Å². The lowest BCUT2D eigenvalue weighted by atomic mass is 9.99. The van der Waals surface area contributed by atoms with Crippen LogP contribution in [0.1, 0.15) is 49.6 Å². The Morgan fingerprint density at radius 1 is 1.44 bits per heavy atom. The number of nitrogens with zero attached hydrogens (tertiary/aromatic N) is 2. The largest absolute Gasteiger partial charge is 0.298 e. The first-order valence-electron chi connectivity index (χ1n) is 6.52. The van der Waals surface area contributed by atoms with Crippen molar-refractivity contribution in [3.05, 3.63) is 17.0 Å². The molecule has 1 fully saturated rings. The summed E-state index contributed by atoms with van der Waals surface area (Å²) in [6.07, 6.45) is 4.05. The molecule has 1 N–H and O–H groups in total. The molecule has 0 aromatic carbocycles. The van der Waals surface area contributed by atoms with Crippen LogP contribution in [0.2, 0.25) is 0 Å². The van der Waals surface area contributed by atoms with Gasteiger partial charge in [0.15, 0.2) is 0 Å². The molecule has 1 aromatic rings. The molecular formula is C13H21N3. The highest BCUT2D eigenvalue weighted by atomic mass is 15.2. The van der Waals surface area contributed by atoms with Crippen LogP contribution < -0.4 is 0 Å². The van der Waals surface area contributed by atoms with Gasteiger partial charge < -0.3 is 0 Å². The molecule has 1 saturated carbocycles. The fourth-order valence-corrected chi connectivity index (χ4v) is 2.67. The van der Waals surface area contributed by atoms with Crippen LogP contribution in [0.25, 0.3) is 0 Å². The Balaban J connectivity index is 1.77. The van der Waals surface area contributed by atoms with E-state index in [0.29, 0.717) is 5.92 Å². The van der Waals surface area contributed by atoms with Gasteiger partial charge in [-0.15, -0.1) is 0 Å². The molecular weight excluding hydrogens is 198 g/mol. The van der Waals surface area contributed by atoms with E-state index in [9.17, 15) is 0 Å². The summed E-state index contributed by atoms with van der Waals surface area (Å²) in [6.45, 7) is 8.10. The van der Waals surface area contributed by atoms with E-state index in [4.69, 9.17) is 0 Å². The lowest BCUT2D eigenvalue weighted by Gasteiger charge is -2.27. The average molecular weight is 219 g/mol. The highest BCUT2D eigenvalue weighted by Gasteiger charge is 2.28. The van der Waals surface area contributed by atoms with Gasteiger partial charge in [0.25, 0.3) is 0 Å². The first-order valence-corrected chi connectivity index (χ1v) is 6.52. The molecule has 3 nitrogen and oxygen atoms in total. The van der Waals surface area contributed by atoms with Crippen LogP contribution in [0, 0.1) is 5.92 Å². The Hall–Kier alpha value is -0.830. The summed E-state index contributed by atoms with van der Waals surface area (Å²) in [5, 5.41) is 7.70. The smallest absolute Gasteiger partial charge is 0.0695 e. The molecule has 16 heavy (non-hydrogen) atoms. The maximum atomic E-state index is 4.47. The quantitative estimate of drug-likeness (QED) is 0.846. The molecule has 0 unspecified atom stereocenters. The number of H-pyrrole nitrogens is 1. The van der Waals surface area contributed by atoms with Crippen LogP contribution in [0.3, 0.4) is 0 Å². The fraction of sp³-hybridized carbons (Fsp3) is 0.769.